The molecule has 8 aromatic rings. The molecular weight excluding hydrogens is 2030 g/mol. The zero-order valence-corrected chi connectivity index (χ0v) is 92.0. The second kappa shape index (κ2) is 81.7. The van der Waals surface area contributed by atoms with Gasteiger partial charge in [-0.05, 0) is 207 Å². The second-order valence-electron chi connectivity index (χ2n) is 29.2. The van der Waals surface area contributed by atoms with Gasteiger partial charge < -0.3 is 102 Å². The van der Waals surface area contributed by atoms with E-state index in [1.807, 2.05) is 124 Å². The summed E-state index contributed by atoms with van der Waals surface area (Å²) in [7, 11) is 94.1. The summed E-state index contributed by atoms with van der Waals surface area (Å²) < 4.78 is 67.3. The van der Waals surface area contributed by atoms with Gasteiger partial charge in [0.2, 0.25) is 17.6 Å². The molecule has 0 aliphatic rings. The summed E-state index contributed by atoms with van der Waals surface area (Å²) >= 11 is 6.60. The first kappa shape index (κ1) is 158. The van der Waals surface area contributed by atoms with Crippen molar-refractivity contribution in [3.63, 3.8) is 0 Å². The van der Waals surface area contributed by atoms with E-state index < -0.39 is 117 Å². The van der Waals surface area contributed by atoms with Crippen molar-refractivity contribution in [1.29, 1.82) is 0 Å². The smallest absolute Gasteiger partial charge is 0.870 e. The Balaban J connectivity index is -0.000000150. The number of halogens is 6. The average Bonchev–Trinajstić information content (AvgIpc) is 1.61. The molecule has 142 heavy (non-hydrogen) atoms. The van der Waals surface area contributed by atoms with E-state index in [1.54, 1.807) is 60.6 Å². The van der Waals surface area contributed by atoms with E-state index in [4.69, 9.17) is 204 Å². The molecule has 19 N–H and O–H groups in total. The minimum Gasteiger partial charge on any atom is -0.870 e. The predicted octanol–water partition coefficient (Wildman–Crippen LogP) is -2.69. The number of carbonyl (C=O) groups is 6. The van der Waals surface area contributed by atoms with Gasteiger partial charge in [-0.3, -0.25) is 9.59 Å². The van der Waals surface area contributed by atoms with Crippen LogP contribution in [-0.4, -0.2) is 386 Å². The number of nitrogen functional groups attached to an aromatic ring is 3. The Kier molecular flexibility index (Phi) is 91.2. The molecule has 0 saturated carbocycles. The number of esters is 2. The quantitative estimate of drug-likeness (QED) is 0.0127. The predicted molar refractivity (Wildman–Crippen MR) is 609 cm³/mol. The topological polar surface area (TPSA) is 537 Å². The molecule has 32 nitrogen and oxygen atoms in total. The van der Waals surface area contributed by atoms with Crippen LogP contribution in [0.15, 0.2) is 94.1 Å². The van der Waals surface area contributed by atoms with Crippen LogP contribution in [0.25, 0.3) is 11.4 Å². The van der Waals surface area contributed by atoms with Crippen molar-refractivity contribution >= 4 is 341 Å². The van der Waals surface area contributed by atoms with Crippen molar-refractivity contribution < 1.29 is 137 Å². The third-order valence-corrected chi connectivity index (χ3v) is 18.7. The number of hydrogen-bond donors (Lipinski definition) is 13. The van der Waals surface area contributed by atoms with Gasteiger partial charge in [-0.15, -0.1) is 12.4 Å². The number of carbonyl (C=O) groups excluding carboxylic acids is 3. The Morgan fingerprint density at radius 3 is 1.08 bits per heavy atom. The summed E-state index contributed by atoms with van der Waals surface area (Å²) in [5.74, 6) is -0.993. The van der Waals surface area contributed by atoms with Crippen molar-refractivity contribution in [1.82, 2.24) is 39.4 Å². The molecule has 7 aromatic heterocycles. The number of nitrogens with one attached hydrogen (secondary N) is 1. The maximum absolute atomic E-state index is 12.5. The Hall–Kier alpha value is -6.22. The molecular formula is C72H106B28Br2ClF3N13NaO19S3. The van der Waals surface area contributed by atoms with Crippen LogP contribution in [0.3, 0.4) is 0 Å². The summed E-state index contributed by atoms with van der Waals surface area (Å²) in [6, 6.07) is 25.5. The van der Waals surface area contributed by atoms with Gasteiger partial charge in [-0.2, -0.15) is 53.7 Å². The number of carboxylic acids is 3. The number of aryl methyl sites for hydroxylation is 9. The molecule has 0 spiro atoms. The van der Waals surface area contributed by atoms with E-state index in [2.05, 4.69) is 62.7 Å². The summed E-state index contributed by atoms with van der Waals surface area (Å²) in [6.45, 7) is 25.9. The first-order chi connectivity index (χ1) is 62.8. The number of aromatic nitrogens is 7. The molecule has 2 atom stereocenters. The van der Waals surface area contributed by atoms with Gasteiger partial charge in [0, 0.05) is 256 Å². The number of methoxy groups -OCH3 is 3. The molecule has 1 aromatic carbocycles. The van der Waals surface area contributed by atoms with Gasteiger partial charge in [0.1, 0.15) is 9.21 Å². The Labute approximate surface area is 927 Å². The fourth-order valence-corrected chi connectivity index (χ4v) is 9.96. The number of nitrogens with two attached hydrogens (primary N) is 5. The number of hydrogen-bond acceptors (Lipinski definition) is 26. The number of carboxylic acid groups (broad SMARTS) is 3. The van der Waals surface area contributed by atoms with E-state index in [0.29, 0.717) is 70.0 Å². The van der Waals surface area contributed by atoms with Crippen LogP contribution < -0.4 is 77.9 Å². The van der Waals surface area contributed by atoms with Crippen LogP contribution in [0.2, 0.25) is 0 Å². The number of alkyl halides is 3. The van der Waals surface area contributed by atoms with Crippen molar-refractivity contribution in [2.75, 3.05) is 71.9 Å². The van der Waals surface area contributed by atoms with Crippen LogP contribution in [-0.2, 0) is 14.3 Å². The van der Waals surface area contributed by atoms with E-state index >= 15 is 0 Å². The molecule has 70 heteroatoms. The fraction of sp³-hybridized carbons (Fsp3) is 0.375. The van der Waals surface area contributed by atoms with Gasteiger partial charge in [0.25, 0.3) is 5.91 Å². The summed E-state index contributed by atoms with van der Waals surface area (Å²) in [5, 5.41) is 60.0. The molecule has 0 saturated heterocycles. The number of anilines is 3. The number of aromatic carboxylic acids is 2. The molecule has 0 bridgehead atoms. The van der Waals surface area contributed by atoms with Crippen molar-refractivity contribution in [2.45, 2.75) is 127 Å². The van der Waals surface area contributed by atoms with Crippen LogP contribution >= 0.6 is 84.8 Å². The largest absolute Gasteiger partial charge is 1.00 e. The van der Waals surface area contributed by atoms with Gasteiger partial charge in [0.05, 0.1) is 81.0 Å². The van der Waals surface area contributed by atoms with E-state index in [-0.39, 0.29) is 140 Å². The first-order valence-corrected chi connectivity index (χ1v) is 41.8. The Morgan fingerprint density at radius 2 is 0.796 bits per heavy atom. The standard InChI is InChI=1S/C15H17BrN2O2.C14H16N2O3.C12H16F3N3O3.C9H11BrN2O2.C9H10O2.C8H10N2O3.C4H11NO.CH4O.B9.B8.B6.B5.ClH.H3NO.Na.H2O.3H2S/c1-5-20-15(19)13-12(8-9(2)14(16)17-13)18-10(3)6-7-11(18)4;1-8-7-11(16-9(2)5-6-10(16)3)12(14(17)18)15-13(8)19-4;1-6-4-7(16)8(18-10(6)21-3)9(19)17-5-11(2,20)12(13,14)15;1-3-14-9(13)7-6(11)4-5(2)8(10)12-7;1-7(9(10)11)8-5-3-2-4-6-8;1-4-3-5(9)6(8(11)12)10-7(4)13-2;1-4(2,6)3-5;1-2;1-6-9(7(2)3)8(4)5;1-6(2)8(5)7(3)4;1-5(2)6(3)4;1-4-5(2)3;;1-2;;;;;/h6-8H,5H2,1-4H3;5-7H,1-4H3,(H,17,18);4,20H,5,16H2,1-3H3,(H,17,19);4H,3,11H2,1-2H3;2-7H,1H3,(H,10,11);3H,9H2,1-2H3,(H,11,12);6H,3,5H2,1-2H3;2H,1H3;;;;;1H;2H,1H2;;4*1H2/q;;;;;;;;;;;;;;+1;;;;/p-1/t;;11-;;7-;;;;;;;;;;;;;;/m..0.0............../s1. The zero-order valence-electron chi connectivity index (χ0n) is 83.0. The van der Waals surface area contributed by atoms with Gasteiger partial charge in [-0.1, -0.05) is 30.3 Å². The van der Waals surface area contributed by atoms with Crippen LogP contribution in [0, 0.1) is 62.3 Å². The number of aliphatic carboxylic acids is 1. The van der Waals surface area contributed by atoms with E-state index in [9.17, 15) is 52.2 Å². The van der Waals surface area contributed by atoms with Crippen molar-refractivity contribution in [3.8, 4) is 29.0 Å². The molecule has 0 aliphatic heterocycles. The summed E-state index contributed by atoms with van der Waals surface area (Å²) in [4.78, 5) is 87.8. The number of aliphatic hydroxyl groups is 3. The molecule has 0 aliphatic carbocycles. The maximum atomic E-state index is 12.5. The Morgan fingerprint density at radius 1 is 0.500 bits per heavy atom. The molecule has 0 fully saturated rings. The fourth-order valence-electron chi connectivity index (χ4n) is 9.38. The number of amides is 1. The van der Waals surface area contributed by atoms with Gasteiger partial charge in [-0.25, -0.2) is 50.0 Å². The monoisotopic (exact) mass is 2130 g/mol. The summed E-state index contributed by atoms with van der Waals surface area (Å²) in [6.07, 6.45) is -9.76. The molecule has 7 heterocycles. The Bertz CT molecular complexity index is 4910. The van der Waals surface area contributed by atoms with E-state index in [1.165, 1.54) is 47.6 Å². The van der Waals surface area contributed by atoms with E-state index in [0.717, 1.165) is 57.8 Å². The average molecular weight is 2130 g/mol. The van der Waals surface area contributed by atoms with Crippen LogP contribution in [0.1, 0.15) is 156 Å². The number of benzene rings is 1. The van der Waals surface area contributed by atoms with Gasteiger partial charge >= 0.3 is 65.6 Å². The minimum atomic E-state index is -4.87. The van der Waals surface area contributed by atoms with Crippen molar-refractivity contribution in [2.24, 2.45) is 11.6 Å². The third kappa shape index (κ3) is 60.3. The number of ether oxygens (including phenoxy) is 5. The number of aliphatic hydroxyl groups excluding tert-OH is 1. The molecule has 1 amide bonds. The first-order valence-electron chi connectivity index (χ1n) is 40.2. The molecule has 718 valence electrons. The van der Waals surface area contributed by atoms with Crippen molar-refractivity contribution in [3.05, 3.63) is 179 Å². The zero-order chi connectivity index (χ0) is 107. The third-order valence-electron chi connectivity index (χ3n) is 17.1. The second-order valence-corrected chi connectivity index (χ2v) is 30.7. The number of pyridine rings is 5. The molecule has 36 radical (unpaired) electrons. The van der Waals surface area contributed by atoms with Crippen LogP contribution in [0.5, 0.6) is 17.6 Å². The number of nitrogens with zero attached hydrogens (tertiary/aromatic N) is 7. The maximum Gasteiger partial charge on any atom is 1.00 e. The normalized spacial score (nSPS) is 9.96. The molecule has 8 rings (SSSR count). The number of rotatable bonds is 24. The van der Waals surface area contributed by atoms with Gasteiger partial charge in [0.15, 0.2) is 34.1 Å². The SMILES string of the molecule is CC(C)(O)CN.CCOC(=O)c1nc(Br)c(C)cc1-n1c(C)ccc1C.CCOC(=O)c1nc(Br)c(C)cc1N.CO.COc1nc(C(=O)NC[C@](C)(O)C(F)(F)F)c(N)cc1C.COc1nc(C(=O)O)c(-n2c(C)ccc2C)cc1C.COc1nc(C(=O)O)c(N)cc1C.C[C@H](C(=O)O)c1ccccc1.Cl.NO.S.S.S.[B]B([B])B([B])B([B])[B].[B]B([B])B([B])[B].[B][B]B(B([B])[B])B([B])[B].[B][B]B([B])[B].[Na+].[OH-]. The van der Waals surface area contributed by atoms with Crippen LogP contribution in [0.4, 0.5) is 30.2 Å². The molecule has 0 unspecified atom stereocenters. The minimum absolute atomic E-state index is 0. The summed E-state index contributed by atoms with van der Waals surface area (Å²) in [5.41, 5.74) is 28.7.